The van der Waals surface area contributed by atoms with Crippen LogP contribution in [0.15, 0.2) is 73.0 Å². The average molecular weight is 560 g/mol. The first-order chi connectivity index (χ1) is 19.0. The number of aromatic hydroxyl groups is 1. The lowest BCUT2D eigenvalue weighted by atomic mass is 10.2. The van der Waals surface area contributed by atoms with Crippen molar-refractivity contribution in [3.05, 3.63) is 83.4 Å². The molecule has 0 spiro atoms. The number of hydrogen-bond donors (Lipinski definition) is 1. The molecule has 5 rings (SSSR count). The van der Waals surface area contributed by atoms with E-state index >= 15 is 0 Å². The van der Waals surface area contributed by atoms with Gasteiger partial charge in [0.1, 0.15) is 17.0 Å². The van der Waals surface area contributed by atoms with E-state index in [9.17, 15) is 14.7 Å². The maximum Gasteiger partial charge on any atom is 0.435 e. The lowest BCUT2D eigenvalue weighted by Gasteiger charge is -2.19. The first kappa shape index (κ1) is 27.2. The maximum absolute atomic E-state index is 13.2. The van der Waals surface area contributed by atoms with Crippen molar-refractivity contribution in [2.75, 3.05) is 0 Å². The monoisotopic (exact) mass is 559 g/mol. The van der Waals surface area contributed by atoms with Crippen molar-refractivity contribution >= 4 is 44.6 Å². The van der Waals surface area contributed by atoms with E-state index in [4.69, 9.17) is 14.2 Å². The second-order valence-corrected chi connectivity index (χ2v) is 11.5. The van der Waals surface area contributed by atoms with Gasteiger partial charge in [0.2, 0.25) is 0 Å². The molecule has 3 aromatic heterocycles. The Balaban J connectivity index is 1.63. The third kappa shape index (κ3) is 5.63. The van der Waals surface area contributed by atoms with E-state index in [-0.39, 0.29) is 11.5 Å². The molecule has 3 heterocycles. The van der Waals surface area contributed by atoms with E-state index in [2.05, 4.69) is 11.7 Å². The summed E-state index contributed by atoms with van der Waals surface area (Å²) in [4.78, 5) is 27.3. The SMILES string of the molecule is C=C(C)OC(=O)n1c(-c2nn(C(=O)OC(C)(C)C)c3cc(COCc4ccccc4)sc23)cc2ccc(O)cc21. The molecule has 40 heavy (non-hydrogen) atoms. The van der Waals surface area contributed by atoms with Gasteiger partial charge in [-0.1, -0.05) is 36.9 Å². The van der Waals surface area contributed by atoms with Crippen molar-refractivity contribution in [1.29, 1.82) is 0 Å². The fraction of sp³-hybridized carbons (Fsp3) is 0.233. The van der Waals surface area contributed by atoms with Crippen molar-refractivity contribution < 1.29 is 28.9 Å². The van der Waals surface area contributed by atoms with Crippen molar-refractivity contribution in [3.8, 4) is 17.1 Å². The van der Waals surface area contributed by atoms with Gasteiger partial charge in [-0.3, -0.25) is 0 Å². The number of phenolic OH excluding ortho intramolecular Hbond substituents is 1. The molecular formula is C30H29N3O6S. The Hall–Kier alpha value is -4.41. The summed E-state index contributed by atoms with van der Waals surface area (Å²) < 4.78 is 20.1. The van der Waals surface area contributed by atoms with Crippen LogP contribution in [0.25, 0.3) is 32.5 Å². The molecule has 0 fully saturated rings. The molecule has 5 aromatic rings. The van der Waals surface area contributed by atoms with Gasteiger partial charge in [-0.15, -0.1) is 11.3 Å². The van der Waals surface area contributed by atoms with Gasteiger partial charge in [0.05, 0.1) is 40.4 Å². The molecule has 0 unspecified atom stereocenters. The number of rotatable bonds is 6. The summed E-state index contributed by atoms with van der Waals surface area (Å²) in [5, 5.41) is 15.4. The largest absolute Gasteiger partial charge is 0.508 e. The average Bonchev–Trinajstić information content (AvgIpc) is 3.54. The zero-order chi connectivity index (χ0) is 28.6. The predicted molar refractivity (Wildman–Crippen MR) is 153 cm³/mol. The minimum Gasteiger partial charge on any atom is -0.508 e. The third-order valence-corrected chi connectivity index (χ3v) is 6.91. The molecule has 0 aliphatic carbocycles. The van der Waals surface area contributed by atoms with Crippen LogP contribution in [0, 0.1) is 0 Å². The summed E-state index contributed by atoms with van der Waals surface area (Å²) in [6.07, 6.45) is -1.37. The number of carbonyl (C=O) groups is 2. The van der Waals surface area contributed by atoms with Crippen LogP contribution in [0.1, 0.15) is 38.1 Å². The molecule has 0 atom stereocenters. The Bertz CT molecular complexity index is 1740. The second kappa shape index (κ2) is 10.6. The van der Waals surface area contributed by atoms with Crippen molar-refractivity contribution in [2.24, 2.45) is 0 Å². The van der Waals surface area contributed by atoms with Gasteiger partial charge in [0.25, 0.3) is 0 Å². The zero-order valence-electron chi connectivity index (χ0n) is 22.6. The lowest BCUT2D eigenvalue weighted by molar-refractivity contribution is 0.0523. The summed E-state index contributed by atoms with van der Waals surface area (Å²) in [6.45, 7) is 11.3. The highest BCUT2D eigenvalue weighted by Gasteiger charge is 2.28. The number of phenols is 1. The molecule has 2 aromatic carbocycles. The number of ether oxygens (including phenoxy) is 3. The molecule has 0 saturated heterocycles. The van der Waals surface area contributed by atoms with Gasteiger partial charge >= 0.3 is 12.2 Å². The van der Waals surface area contributed by atoms with Crippen molar-refractivity contribution in [2.45, 2.75) is 46.5 Å². The van der Waals surface area contributed by atoms with Crippen LogP contribution in [0.4, 0.5) is 9.59 Å². The molecule has 0 aliphatic rings. The smallest absolute Gasteiger partial charge is 0.435 e. The van der Waals surface area contributed by atoms with E-state index < -0.39 is 17.8 Å². The summed E-state index contributed by atoms with van der Waals surface area (Å²) >= 11 is 1.41. The third-order valence-electron chi connectivity index (χ3n) is 5.80. The normalized spacial score (nSPS) is 11.7. The van der Waals surface area contributed by atoms with Gasteiger partial charge in [-0.2, -0.15) is 9.78 Å². The lowest BCUT2D eigenvalue weighted by Crippen LogP contribution is -2.27. The minimum atomic E-state index is -0.745. The van der Waals surface area contributed by atoms with Gasteiger partial charge in [0, 0.05) is 16.3 Å². The van der Waals surface area contributed by atoms with Gasteiger partial charge in [-0.05, 0) is 57.5 Å². The van der Waals surface area contributed by atoms with Gasteiger partial charge in [-0.25, -0.2) is 14.2 Å². The Kier molecular flexibility index (Phi) is 7.22. The number of thiophene rings is 1. The number of benzene rings is 2. The summed E-state index contributed by atoms with van der Waals surface area (Å²) in [6, 6.07) is 18.1. The standard InChI is InChI=1S/C30H29N3O6S/c1-18(2)38-28(35)32-23-14-21(34)12-11-20(23)13-24(32)26-27-25(33(31-26)29(36)39-30(3,4)5)15-22(40-27)17-37-16-19-9-7-6-8-10-19/h6-15,34H,1,16-17H2,2-5H3. The second-order valence-electron chi connectivity index (χ2n) is 10.3. The Morgan fingerprint density at radius 3 is 2.45 bits per heavy atom. The maximum atomic E-state index is 13.2. The van der Waals surface area contributed by atoms with Crippen LogP contribution >= 0.6 is 11.3 Å². The van der Waals surface area contributed by atoms with Crippen LogP contribution in [0.3, 0.4) is 0 Å². The number of hydrogen-bond acceptors (Lipinski definition) is 8. The van der Waals surface area contributed by atoms with E-state index in [0.29, 0.717) is 45.7 Å². The van der Waals surface area contributed by atoms with Crippen LogP contribution in [-0.4, -0.2) is 37.2 Å². The molecule has 0 amide bonds. The number of fused-ring (bicyclic) bond motifs is 2. The number of carbonyl (C=O) groups excluding carboxylic acids is 2. The van der Waals surface area contributed by atoms with E-state index in [1.54, 1.807) is 39.8 Å². The molecule has 0 bridgehead atoms. The van der Waals surface area contributed by atoms with Crippen molar-refractivity contribution in [3.63, 3.8) is 0 Å². The first-order valence-electron chi connectivity index (χ1n) is 12.6. The highest BCUT2D eigenvalue weighted by molar-refractivity contribution is 7.19. The minimum absolute atomic E-state index is 0.0140. The fourth-order valence-corrected chi connectivity index (χ4v) is 5.31. The number of aromatic nitrogens is 3. The molecule has 0 radical (unpaired) electrons. The molecule has 0 aliphatic heterocycles. The highest BCUT2D eigenvalue weighted by Crippen LogP contribution is 2.38. The van der Waals surface area contributed by atoms with Crippen LogP contribution in [-0.2, 0) is 27.4 Å². The molecule has 9 nitrogen and oxygen atoms in total. The quantitative estimate of drug-likeness (QED) is 0.216. The molecule has 206 valence electrons. The van der Waals surface area contributed by atoms with E-state index in [1.807, 2.05) is 36.4 Å². The van der Waals surface area contributed by atoms with Crippen LogP contribution < -0.4 is 0 Å². The van der Waals surface area contributed by atoms with E-state index in [1.165, 1.54) is 32.7 Å². The van der Waals surface area contributed by atoms with E-state index in [0.717, 1.165) is 10.4 Å². The fourth-order valence-electron chi connectivity index (χ4n) is 4.24. The molecule has 1 N–H and O–H groups in total. The first-order valence-corrected chi connectivity index (χ1v) is 13.4. The Morgan fingerprint density at radius 1 is 1.00 bits per heavy atom. The van der Waals surface area contributed by atoms with Crippen molar-refractivity contribution in [1.82, 2.24) is 14.3 Å². The Labute approximate surface area is 234 Å². The highest BCUT2D eigenvalue weighted by atomic mass is 32.1. The summed E-state index contributed by atoms with van der Waals surface area (Å²) in [5.41, 5.74) is 2.02. The number of allylic oxidation sites excluding steroid dienone is 1. The number of nitrogens with zero attached hydrogens (tertiary/aromatic N) is 3. The molecular weight excluding hydrogens is 530 g/mol. The van der Waals surface area contributed by atoms with Gasteiger partial charge < -0.3 is 19.3 Å². The predicted octanol–water partition coefficient (Wildman–Crippen LogP) is 7.44. The Morgan fingerprint density at radius 2 is 1.75 bits per heavy atom. The molecule has 0 saturated carbocycles. The van der Waals surface area contributed by atoms with Gasteiger partial charge in [0.15, 0.2) is 0 Å². The zero-order valence-corrected chi connectivity index (χ0v) is 23.4. The van der Waals surface area contributed by atoms with Crippen LogP contribution in [0.2, 0.25) is 0 Å². The summed E-state index contributed by atoms with van der Waals surface area (Å²) in [7, 11) is 0. The molecule has 10 heteroatoms. The van der Waals surface area contributed by atoms with Crippen LogP contribution in [0.5, 0.6) is 5.75 Å². The topological polar surface area (TPSA) is 105 Å². The summed E-state index contributed by atoms with van der Waals surface area (Å²) in [5.74, 6) is 0.191.